The van der Waals surface area contributed by atoms with Gasteiger partial charge >= 0.3 is 12.3 Å². The summed E-state index contributed by atoms with van der Waals surface area (Å²) in [6.45, 7) is 0. The number of benzene rings is 1. The van der Waals surface area contributed by atoms with E-state index >= 15 is 0 Å². The van der Waals surface area contributed by atoms with Crippen LogP contribution in [0.3, 0.4) is 0 Å². The Hall–Kier alpha value is -2.02. The molecule has 0 aliphatic rings. The summed E-state index contributed by atoms with van der Waals surface area (Å²) in [5, 5.41) is 8.79. The summed E-state index contributed by atoms with van der Waals surface area (Å²) in [5.74, 6) is -1.41. The van der Waals surface area contributed by atoms with Crippen molar-refractivity contribution in [3.63, 3.8) is 0 Å². The quantitative estimate of drug-likeness (QED) is 0.928. The van der Waals surface area contributed by atoms with Gasteiger partial charge in [0.1, 0.15) is 10.6 Å². The van der Waals surface area contributed by atoms with Gasteiger partial charge < -0.3 is 9.84 Å². The lowest BCUT2D eigenvalue weighted by atomic mass is 10.2. The first-order valence-corrected chi connectivity index (χ1v) is 5.86. The van der Waals surface area contributed by atoms with E-state index in [2.05, 4.69) is 4.74 Å². The molecule has 2 rings (SSSR count). The monoisotopic (exact) mass is 288 g/mol. The summed E-state index contributed by atoms with van der Waals surface area (Å²) in [4.78, 5) is 11.4. The fourth-order valence-corrected chi connectivity index (χ4v) is 2.30. The summed E-state index contributed by atoms with van der Waals surface area (Å²) in [7, 11) is 0. The van der Waals surface area contributed by atoms with Gasteiger partial charge in [0.05, 0.1) is 0 Å². The SMILES string of the molecule is O=C(O)c1ccc(-c2cccc(OC(F)(F)F)c2)s1. The Morgan fingerprint density at radius 2 is 1.95 bits per heavy atom. The van der Waals surface area contributed by atoms with Crippen LogP contribution in [0.2, 0.25) is 0 Å². The molecule has 0 spiro atoms. The van der Waals surface area contributed by atoms with E-state index in [1.165, 1.54) is 24.3 Å². The Morgan fingerprint density at radius 1 is 1.21 bits per heavy atom. The summed E-state index contributed by atoms with van der Waals surface area (Å²) < 4.78 is 40.1. The molecule has 1 N–H and O–H groups in total. The van der Waals surface area contributed by atoms with E-state index < -0.39 is 12.3 Å². The number of aromatic carboxylic acids is 1. The minimum atomic E-state index is -4.75. The predicted octanol–water partition coefficient (Wildman–Crippen LogP) is 4.01. The van der Waals surface area contributed by atoms with Crippen LogP contribution in [0.4, 0.5) is 13.2 Å². The Kier molecular flexibility index (Phi) is 3.48. The van der Waals surface area contributed by atoms with Gasteiger partial charge in [-0.1, -0.05) is 12.1 Å². The van der Waals surface area contributed by atoms with Crippen molar-refractivity contribution < 1.29 is 27.8 Å². The maximum absolute atomic E-state index is 12.1. The molecule has 0 amide bonds. The highest BCUT2D eigenvalue weighted by atomic mass is 32.1. The highest BCUT2D eigenvalue weighted by Crippen LogP contribution is 2.32. The van der Waals surface area contributed by atoms with E-state index in [-0.39, 0.29) is 10.6 Å². The van der Waals surface area contributed by atoms with Crippen LogP contribution in [-0.4, -0.2) is 17.4 Å². The Morgan fingerprint density at radius 3 is 2.53 bits per heavy atom. The van der Waals surface area contributed by atoms with Crippen molar-refractivity contribution in [2.75, 3.05) is 0 Å². The van der Waals surface area contributed by atoms with E-state index in [9.17, 15) is 18.0 Å². The van der Waals surface area contributed by atoms with E-state index in [4.69, 9.17) is 5.11 Å². The number of hydrogen-bond donors (Lipinski definition) is 1. The second kappa shape index (κ2) is 4.93. The highest BCUT2D eigenvalue weighted by Gasteiger charge is 2.31. The van der Waals surface area contributed by atoms with E-state index in [1.807, 2.05) is 0 Å². The fourth-order valence-electron chi connectivity index (χ4n) is 1.45. The molecular weight excluding hydrogens is 281 g/mol. The second-order valence-electron chi connectivity index (χ2n) is 3.54. The Bertz CT molecular complexity index is 604. The van der Waals surface area contributed by atoms with Crippen LogP contribution in [-0.2, 0) is 0 Å². The highest BCUT2D eigenvalue weighted by molar-refractivity contribution is 7.17. The normalized spacial score (nSPS) is 11.3. The average Bonchev–Trinajstić information content (AvgIpc) is 2.76. The Labute approximate surface area is 109 Å². The number of thiophene rings is 1. The molecule has 2 aromatic rings. The molecule has 1 aromatic heterocycles. The molecule has 0 saturated heterocycles. The molecule has 0 fully saturated rings. The maximum Gasteiger partial charge on any atom is 0.573 e. The second-order valence-corrected chi connectivity index (χ2v) is 4.63. The smallest absolute Gasteiger partial charge is 0.477 e. The van der Waals surface area contributed by atoms with Gasteiger partial charge in [0.15, 0.2) is 0 Å². The first kappa shape index (κ1) is 13.4. The van der Waals surface area contributed by atoms with Crippen molar-refractivity contribution in [3.05, 3.63) is 41.3 Å². The minimum Gasteiger partial charge on any atom is -0.477 e. The topological polar surface area (TPSA) is 46.5 Å². The first-order chi connectivity index (χ1) is 8.85. The molecule has 0 saturated carbocycles. The van der Waals surface area contributed by atoms with Gasteiger partial charge in [0.2, 0.25) is 0 Å². The van der Waals surface area contributed by atoms with Crippen LogP contribution >= 0.6 is 11.3 Å². The van der Waals surface area contributed by atoms with Gasteiger partial charge in [-0.3, -0.25) is 0 Å². The molecule has 3 nitrogen and oxygen atoms in total. The van der Waals surface area contributed by atoms with Gasteiger partial charge in [-0.25, -0.2) is 4.79 Å². The van der Waals surface area contributed by atoms with Gasteiger partial charge in [-0.15, -0.1) is 24.5 Å². The zero-order chi connectivity index (χ0) is 14.0. The van der Waals surface area contributed by atoms with Crippen LogP contribution in [0.1, 0.15) is 9.67 Å². The zero-order valence-electron chi connectivity index (χ0n) is 9.27. The lowest BCUT2D eigenvalue weighted by Gasteiger charge is -2.09. The summed E-state index contributed by atoms with van der Waals surface area (Å²) in [5.41, 5.74) is 0.472. The predicted molar refractivity (Wildman–Crippen MR) is 63.4 cm³/mol. The molecule has 0 atom stereocenters. The van der Waals surface area contributed by atoms with Crippen molar-refractivity contribution in [3.8, 4) is 16.2 Å². The van der Waals surface area contributed by atoms with E-state index in [0.717, 1.165) is 11.3 Å². The van der Waals surface area contributed by atoms with E-state index in [0.29, 0.717) is 10.4 Å². The number of rotatable bonds is 3. The van der Waals surface area contributed by atoms with Crippen LogP contribution in [0, 0.1) is 0 Å². The van der Waals surface area contributed by atoms with E-state index in [1.54, 1.807) is 12.1 Å². The number of ether oxygens (including phenoxy) is 1. The number of halogens is 3. The molecule has 1 aromatic carbocycles. The number of carboxylic acid groups (broad SMARTS) is 1. The summed E-state index contributed by atoms with van der Waals surface area (Å²) >= 11 is 0.984. The Balaban J connectivity index is 2.29. The summed E-state index contributed by atoms with van der Waals surface area (Å²) in [6.07, 6.45) is -4.75. The van der Waals surface area contributed by atoms with Crippen molar-refractivity contribution in [2.45, 2.75) is 6.36 Å². The molecule has 100 valence electrons. The number of carboxylic acids is 1. The maximum atomic E-state index is 12.1. The van der Waals surface area contributed by atoms with Crippen LogP contribution in [0.15, 0.2) is 36.4 Å². The molecule has 0 aliphatic carbocycles. The summed E-state index contributed by atoms with van der Waals surface area (Å²) in [6, 6.07) is 8.34. The van der Waals surface area contributed by atoms with Crippen LogP contribution in [0.25, 0.3) is 10.4 Å². The molecule has 0 bridgehead atoms. The molecule has 7 heteroatoms. The zero-order valence-corrected chi connectivity index (χ0v) is 10.1. The molecular formula is C12H7F3O3S. The van der Waals surface area contributed by atoms with Crippen LogP contribution < -0.4 is 4.74 Å². The number of alkyl halides is 3. The van der Waals surface area contributed by atoms with Gasteiger partial charge in [-0.05, 0) is 29.8 Å². The van der Waals surface area contributed by atoms with Crippen molar-refractivity contribution in [2.24, 2.45) is 0 Å². The average molecular weight is 288 g/mol. The van der Waals surface area contributed by atoms with Gasteiger partial charge in [-0.2, -0.15) is 0 Å². The lowest BCUT2D eigenvalue weighted by Crippen LogP contribution is -2.17. The minimum absolute atomic E-state index is 0.122. The lowest BCUT2D eigenvalue weighted by molar-refractivity contribution is -0.274. The third kappa shape index (κ3) is 3.47. The van der Waals surface area contributed by atoms with Gasteiger partial charge in [0, 0.05) is 4.88 Å². The van der Waals surface area contributed by atoms with Crippen molar-refractivity contribution in [1.82, 2.24) is 0 Å². The third-order valence-corrected chi connectivity index (χ3v) is 3.29. The van der Waals surface area contributed by atoms with Gasteiger partial charge in [0.25, 0.3) is 0 Å². The molecule has 0 radical (unpaired) electrons. The number of carbonyl (C=O) groups is 1. The molecule has 19 heavy (non-hydrogen) atoms. The van der Waals surface area contributed by atoms with Crippen LogP contribution in [0.5, 0.6) is 5.75 Å². The fraction of sp³-hybridized carbons (Fsp3) is 0.0833. The first-order valence-electron chi connectivity index (χ1n) is 5.04. The van der Waals surface area contributed by atoms with Crippen molar-refractivity contribution >= 4 is 17.3 Å². The molecule has 0 aliphatic heterocycles. The molecule has 1 heterocycles. The third-order valence-electron chi connectivity index (χ3n) is 2.17. The van der Waals surface area contributed by atoms with Crippen molar-refractivity contribution in [1.29, 1.82) is 0 Å². The molecule has 0 unspecified atom stereocenters. The number of hydrogen-bond acceptors (Lipinski definition) is 3. The standard InChI is InChI=1S/C12H7F3O3S/c13-12(14,15)18-8-3-1-2-7(6-8)9-4-5-10(19-9)11(16)17/h1-6H,(H,16,17). The largest absolute Gasteiger partial charge is 0.573 e.